The van der Waals surface area contributed by atoms with Crippen molar-refractivity contribution in [2.45, 2.75) is 19.4 Å². The lowest BCUT2D eigenvalue weighted by molar-refractivity contribution is 0.0953. The van der Waals surface area contributed by atoms with Gasteiger partial charge in [0.05, 0.1) is 7.11 Å². The fourth-order valence-electron chi connectivity index (χ4n) is 2.91. The maximum atomic E-state index is 14.3. The second kappa shape index (κ2) is 10.4. The van der Waals surface area contributed by atoms with Gasteiger partial charge >= 0.3 is 0 Å². The van der Waals surface area contributed by atoms with Crippen LogP contribution >= 0.6 is 0 Å². The molecule has 0 radical (unpaired) electrons. The number of aromatic nitrogens is 1. The third kappa shape index (κ3) is 5.55. The van der Waals surface area contributed by atoms with Gasteiger partial charge in [-0.05, 0) is 60.4 Å². The third-order valence-electron chi connectivity index (χ3n) is 4.53. The number of carbonyl (C=O) groups is 1. The molecule has 0 spiro atoms. The topological polar surface area (TPSA) is 86.5 Å². The van der Waals surface area contributed by atoms with E-state index in [4.69, 9.17) is 15.2 Å². The predicted octanol–water partition coefficient (Wildman–Crippen LogP) is 3.84. The molecule has 2 aromatic carbocycles. The Morgan fingerprint density at radius 1 is 1.10 bits per heavy atom. The first-order chi connectivity index (χ1) is 14.6. The standard InChI is InChI=1S/C23H24FN3O3/c1-29-21-9-7-18(23(28)27-11-3-5-16-4-2-10-26-15-16)13-22(21)30-20-8-6-17(14-25)12-19(20)24/h2,4,6-10,12-13,15H,3,5,11,14,25H2,1H3,(H,27,28). The molecule has 3 rings (SSSR count). The lowest BCUT2D eigenvalue weighted by atomic mass is 10.1. The quantitative estimate of drug-likeness (QED) is 0.525. The van der Waals surface area contributed by atoms with Gasteiger partial charge in [0.25, 0.3) is 5.91 Å². The molecule has 3 N–H and O–H groups in total. The molecule has 1 amide bonds. The van der Waals surface area contributed by atoms with Crippen LogP contribution in [0.4, 0.5) is 4.39 Å². The van der Waals surface area contributed by atoms with Crippen molar-refractivity contribution in [3.05, 3.63) is 83.4 Å². The summed E-state index contributed by atoms with van der Waals surface area (Å²) in [6, 6.07) is 13.2. The Morgan fingerprint density at radius 3 is 2.63 bits per heavy atom. The second-order valence-electron chi connectivity index (χ2n) is 6.66. The average molecular weight is 409 g/mol. The Bertz CT molecular complexity index is 996. The zero-order chi connectivity index (χ0) is 21.3. The van der Waals surface area contributed by atoms with Crippen LogP contribution in [-0.2, 0) is 13.0 Å². The van der Waals surface area contributed by atoms with E-state index in [0.717, 1.165) is 18.4 Å². The number of amides is 1. The van der Waals surface area contributed by atoms with Crippen LogP contribution < -0.4 is 20.5 Å². The van der Waals surface area contributed by atoms with Gasteiger partial charge in [0.2, 0.25) is 0 Å². The van der Waals surface area contributed by atoms with E-state index in [-0.39, 0.29) is 24.0 Å². The Kier molecular flexibility index (Phi) is 7.34. The smallest absolute Gasteiger partial charge is 0.251 e. The van der Waals surface area contributed by atoms with E-state index in [0.29, 0.717) is 23.4 Å². The van der Waals surface area contributed by atoms with E-state index in [1.165, 1.54) is 25.3 Å². The van der Waals surface area contributed by atoms with Crippen LogP contribution in [0.5, 0.6) is 17.2 Å². The maximum absolute atomic E-state index is 14.3. The summed E-state index contributed by atoms with van der Waals surface area (Å²) in [5.74, 6) is -0.109. The highest BCUT2D eigenvalue weighted by molar-refractivity contribution is 5.94. The first kappa shape index (κ1) is 21.3. The number of pyridine rings is 1. The van der Waals surface area contributed by atoms with Crippen molar-refractivity contribution in [3.8, 4) is 17.2 Å². The largest absolute Gasteiger partial charge is 0.493 e. The summed E-state index contributed by atoms with van der Waals surface area (Å²) >= 11 is 0. The van der Waals surface area contributed by atoms with Gasteiger partial charge in [0.1, 0.15) is 0 Å². The SMILES string of the molecule is COc1ccc(C(=O)NCCCc2cccnc2)cc1Oc1ccc(CN)cc1F. The number of methoxy groups -OCH3 is 1. The molecule has 0 aliphatic rings. The Morgan fingerprint density at radius 2 is 1.93 bits per heavy atom. The van der Waals surface area contributed by atoms with Crippen LogP contribution in [0.3, 0.4) is 0 Å². The fourth-order valence-corrected chi connectivity index (χ4v) is 2.91. The highest BCUT2D eigenvalue weighted by Gasteiger charge is 2.14. The molecule has 6 nitrogen and oxygen atoms in total. The van der Waals surface area contributed by atoms with Gasteiger partial charge in [0.15, 0.2) is 23.1 Å². The zero-order valence-corrected chi connectivity index (χ0v) is 16.7. The molecule has 0 fully saturated rings. The van der Waals surface area contributed by atoms with Gasteiger partial charge in [0, 0.05) is 31.0 Å². The van der Waals surface area contributed by atoms with E-state index in [9.17, 15) is 9.18 Å². The Labute approximate surface area is 174 Å². The van der Waals surface area contributed by atoms with Crippen molar-refractivity contribution >= 4 is 5.91 Å². The van der Waals surface area contributed by atoms with Crippen LogP contribution in [0.15, 0.2) is 60.9 Å². The summed E-state index contributed by atoms with van der Waals surface area (Å²) in [6.07, 6.45) is 5.15. The molecule has 0 unspecified atom stereocenters. The number of hydrogen-bond acceptors (Lipinski definition) is 5. The molecule has 0 saturated heterocycles. The van der Waals surface area contributed by atoms with Crippen LogP contribution in [0, 0.1) is 5.82 Å². The number of nitrogens with zero attached hydrogens (tertiary/aromatic N) is 1. The molecule has 1 heterocycles. The Balaban J connectivity index is 1.65. The van der Waals surface area contributed by atoms with Crippen molar-refractivity contribution in [2.24, 2.45) is 5.73 Å². The van der Waals surface area contributed by atoms with E-state index in [2.05, 4.69) is 10.3 Å². The lowest BCUT2D eigenvalue weighted by Gasteiger charge is -2.13. The number of aryl methyl sites for hydroxylation is 1. The number of ether oxygens (including phenoxy) is 2. The first-order valence-corrected chi connectivity index (χ1v) is 9.62. The lowest BCUT2D eigenvalue weighted by Crippen LogP contribution is -2.24. The molecule has 156 valence electrons. The Hall–Kier alpha value is -3.45. The highest BCUT2D eigenvalue weighted by Crippen LogP contribution is 2.33. The van der Waals surface area contributed by atoms with Crippen LogP contribution in [0.2, 0.25) is 0 Å². The van der Waals surface area contributed by atoms with Gasteiger partial charge in [-0.15, -0.1) is 0 Å². The highest BCUT2D eigenvalue weighted by atomic mass is 19.1. The van der Waals surface area contributed by atoms with E-state index in [1.807, 2.05) is 18.3 Å². The third-order valence-corrected chi connectivity index (χ3v) is 4.53. The number of hydrogen-bond donors (Lipinski definition) is 2. The van der Waals surface area contributed by atoms with Crippen molar-refractivity contribution in [2.75, 3.05) is 13.7 Å². The number of rotatable bonds is 9. The van der Waals surface area contributed by atoms with Crippen molar-refractivity contribution in [3.63, 3.8) is 0 Å². The fraction of sp³-hybridized carbons (Fsp3) is 0.217. The molecule has 1 aromatic heterocycles. The summed E-state index contributed by atoms with van der Waals surface area (Å²) in [5.41, 5.74) is 7.70. The van der Waals surface area contributed by atoms with E-state index in [1.54, 1.807) is 24.4 Å². The average Bonchev–Trinajstić information content (AvgIpc) is 2.78. The summed E-state index contributed by atoms with van der Waals surface area (Å²) in [6.45, 7) is 0.752. The van der Waals surface area contributed by atoms with Gasteiger partial charge in [-0.3, -0.25) is 9.78 Å². The summed E-state index contributed by atoms with van der Waals surface area (Å²) in [4.78, 5) is 16.6. The van der Waals surface area contributed by atoms with Crippen LogP contribution in [0.25, 0.3) is 0 Å². The number of nitrogens with one attached hydrogen (secondary N) is 1. The molecule has 0 aliphatic heterocycles. The maximum Gasteiger partial charge on any atom is 0.251 e. The number of carbonyl (C=O) groups excluding carboxylic acids is 1. The summed E-state index contributed by atoms with van der Waals surface area (Å²) in [5, 5.41) is 2.88. The number of benzene rings is 2. The molecule has 7 heteroatoms. The minimum absolute atomic E-state index is 0.0273. The van der Waals surface area contributed by atoms with Crippen molar-refractivity contribution in [1.82, 2.24) is 10.3 Å². The van der Waals surface area contributed by atoms with Crippen molar-refractivity contribution in [1.29, 1.82) is 0 Å². The predicted molar refractivity (Wildman–Crippen MR) is 112 cm³/mol. The molecule has 3 aromatic rings. The monoisotopic (exact) mass is 409 g/mol. The minimum Gasteiger partial charge on any atom is -0.493 e. The molecule has 30 heavy (non-hydrogen) atoms. The number of nitrogens with two attached hydrogens (primary N) is 1. The molecule has 0 aliphatic carbocycles. The zero-order valence-electron chi connectivity index (χ0n) is 16.7. The van der Waals surface area contributed by atoms with Crippen LogP contribution in [0.1, 0.15) is 27.9 Å². The van der Waals surface area contributed by atoms with Gasteiger partial charge < -0.3 is 20.5 Å². The number of halogens is 1. The summed E-state index contributed by atoms with van der Waals surface area (Å²) < 4.78 is 25.2. The van der Waals surface area contributed by atoms with Crippen molar-refractivity contribution < 1.29 is 18.7 Å². The molecular weight excluding hydrogens is 385 g/mol. The van der Waals surface area contributed by atoms with Gasteiger partial charge in [-0.25, -0.2) is 4.39 Å². The van der Waals surface area contributed by atoms with Gasteiger partial charge in [-0.2, -0.15) is 0 Å². The second-order valence-corrected chi connectivity index (χ2v) is 6.66. The van der Waals surface area contributed by atoms with E-state index < -0.39 is 5.82 Å². The normalized spacial score (nSPS) is 10.5. The van der Waals surface area contributed by atoms with E-state index >= 15 is 0 Å². The van der Waals surface area contributed by atoms with Gasteiger partial charge in [-0.1, -0.05) is 12.1 Å². The minimum atomic E-state index is -0.537. The molecule has 0 saturated carbocycles. The molecule has 0 bridgehead atoms. The first-order valence-electron chi connectivity index (χ1n) is 9.62. The molecular formula is C23H24FN3O3. The molecule has 0 atom stereocenters. The van der Waals surface area contributed by atoms with Crippen LogP contribution in [-0.4, -0.2) is 24.5 Å². The summed E-state index contributed by atoms with van der Waals surface area (Å²) in [7, 11) is 1.48.